The van der Waals surface area contributed by atoms with Gasteiger partial charge in [0.25, 0.3) is 0 Å². The van der Waals surface area contributed by atoms with Crippen molar-refractivity contribution in [1.29, 1.82) is 0 Å². The van der Waals surface area contributed by atoms with Crippen LogP contribution in [-0.2, 0) is 6.42 Å². The molecule has 0 aliphatic rings. The van der Waals surface area contributed by atoms with E-state index in [0.29, 0.717) is 16.9 Å². The molecule has 0 radical (unpaired) electrons. The quantitative estimate of drug-likeness (QED) is 0.494. The fourth-order valence-corrected chi connectivity index (χ4v) is 4.19. The van der Waals surface area contributed by atoms with Gasteiger partial charge in [-0.3, -0.25) is 0 Å². The number of benzene rings is 1. The van der Waals surface area contributed by atoms with Gasteiger partial charge in [-0.25, -0.2) is 0 Å². The summed E-state index contributed by atoms with van der Waals surface area (Å²) in [6, 6.07) is 6.50. The van der Waals surface area contributed by atoms with Crippen molar-refractivity contribution in [2.45, 2.75) is 52.0 Å². The second kappa shape index (κ2) is 9.14. The minimum atomic E-state index is -0.877. The van der Waals surface area contributed by atoms with Crippen LogP contribution in [0.2, 0.25) is 0 Å². The summed E-state index contributed by atoms with van der Waals surface area (Å²) in [5.74, 6) is -0.304. The predicted molar refractivity (Wildman–Crippen MR) is 101 cm³/mol. The number of hydrogen-bond acceptors (Lipinski definition) is 4. The van der Waals surface area contributed by atoms with Gasteiger partial charge in [0, 0.05) is 0 Å². The molecule has 0 unspecified atom stereocenters. The van der Waals surface area contributed by atoms with Crippen LogP contribution in [0.1, 0.15) is 44.6 Å². The van der Waals surface area contributed by atoms with Crippen molar-refractivity contribution in [2.75, 3.05) is 11.9 Å². The van der Waals surface area contributed by atoms with E-state index in [9.17, 15) is 14.3 Å². The summed E-state index contributed by atoms with van der Waals surface area (Å²) in [6.45, 7) is 6.24. The molecule has 0 bridgehead atoms. The summed E-state index contributed by atoms with van der Waals surface area (Å²) in [5.41, 5.74) is 0.0338. The number of carboxylic acid groups (broad SMARTS) is 1. The van der Waals surface area contributed by atoms with E-state index < -0.39 is 6.09 Å². The molecule has 142 valence electrons. The third kappa shape index (κ3) is 6.11. The van der Waals surface area contributed by atoms with Gasteiger partial charge in [0.05, 0.1) is 0 Å². The second-order valence-corrected chi connectivity index (χ2v) is 9.25. The Morgan fingerprint density at radius 3 is 2.62 bits per heavy atom. The van der Waals surface area contributed by atoms with E-state index in [0.717, 1.165) is 30.3 Å². The van der Waals surface area contributed by atoms with Crippen molar-refractivity contribution in [3.05, 3.63) is 34.7 Å². The Kier molecular flexibility index (Phi) is 7.17. The fourth-order valence-electron chi connectivity index (χ4n) is 2.52. The number of amides is 1. The van der Waals surface area contributed by atoms with Crippen LogP contribution in [-0.4, -0.2) is 52.9 Å². The van der Waals surface area contributed by atoms with Gasteiger partial charge in [-0.15, -0.1) is 0 Å². The Balaban J connectivity index is 1.75. The van der Waals surface area contributed by atoms with Crippen molar-refractivity contribution in [2.24, 2.45) is 0 Å². The molecule has 0 aliphatic carbocycles. The molecule has 1 heterocycles. The van der Waals surface area contributed by atoms with Crippen LogP contribution in [0.25, 0.3) is 0 Å². The number of anilines is 2. The standard InChI is InChI=1S/C18H25FN4O2Se/c1-18(2,3)23(17(24)25)12-8-4-5-11-15-21-22-16(26-15)20-14-10-7-6-9-13(14)19/h6-7,9-10H,4-5,8,11-12H2,1-3H3,(H,20,22)(H,24,25). The number of halogens is 1. The van der Waals surface area contributed by atoms with Gasteiger partial charge in [-0.2, -0.15) is 0 Å². The van der Waals surface area contributed by atoms with Crippen molar-refractivity contribution < 1.29 is 14.3 Å². The Morgan fingerprint density at radius 2 is 1.96 bits per heavy atom. The molecular formula is C18H25FN4O2Se. The number of hydrogen-bond donors (Lipinski definition) is 2. The number of nitrogens with zero attached hydrogens (tertiary/aromatic N) is 3. The first-order valence-corrected chi connectivity index (χ1v) is 10.3. The number of para-hydroxylation sites is 1. The summed E-state index contributed by atoms with van der Waals surface area (Å²) >= 11 is -0.0131. The van der Waals surface area contributed by atoms with Crippen molar-refractivity contribution in [3.63, 3.8) is 0 Å². The van der Waals surface area contributed by atoms with Gasteiger partial charge >= 0.3 is 159 Å². The van der Waals surface area contributed by atoms with E-state index >= 15 is 0 Å². The average Bonchev–Trinajstić information content (AvgIpc) is 2.99. The molecule has 0 fully saturated rings. The summed E-state index contributed by atoms with van der Waals surface area (Å²) in [4.78, 5) is 12.8. The molecule has 1 amide bonds. The van der Waals surface area contributed by atoms with E-state index in [1.807, 2.05) is 20.8 Å². The zero-order chi connectivity index (χ0) is 19.2. The van der Waals surface area contributed by atoms with Gasteiger partial charge in [-0.1, -0.05) is 0 Å². The van der Waals surface area contributed by atoms with Crippen LogP contribution in [0.15, 0.2) is 24.3 Å². The molecule has 1 aromatic heterocycles. The number of nitrogens with one attached hydrogen (secondary N) is 1. The van der Waals surface area contributed by atoms with Crippen LogP contribution in [0.5, 0.6) is 0 Å². The van der Waals surface area contributed by atoms with E-state index in [1.165, 1.54) is 11.0 Å². The Bertz CT molecular complexity index is 730. The molecule has 1 aromatic carbocycles. The molecule has 2 aromatic rings. The topological polar surface area (TPSA) is 78.4 Å². The third-order valence-electron chi connectivity index (χ3n) is 3.90. The molecule has 26 heavy (non-hydrogen) atoms. The van der Waals surface area contributed by atoms with E-state index in [2.05, 4.69) is 15.5 Å². The summed E-state index contributed by atoms with van der Waals surface area (Å²) in [5, 5.41) is 20.6. The van der Waals surface area contributed by atoms with Gasteiger partial charge in [0.2, 0.25) is 0 Å². The number of rotatable bonds is 8. The average molecular weight is 427 g/mol. The van der Waals surface area contributed by atoms with Crippen molar-refractivity contribution >= 4 is 31.0 Å². The molecule has 2 rings (SSSR count). The van der Waals surface area contributed by atoms with Crippen LogP contribution in [0, 0.1) is 5.82 Å². The van der Waals surface area contributed by atoms with Crippen LogP contribution in [0.4, 0.5) is 19.6 Å². The Morgan fingerprint density at radius 1 is 1.23 bits per heavy atom. The normalized spacial score (nSPS) is 11.4. The number of carbonyl (C=O) groups is 1. The maximum absolute atomic E-state index is 13.6. The van der Waals surface area contributed by atoms with Crippen LogP contribution in [0.3, 0.4) is 0 Å². The summed E-state index contributed by atoms with van der Waals surface area (Å²) in [6.07, 6.45) is 2.67. The number of aromatic nitrogens is 2. The third-order valence-corrected chi connectivity index (χ3v) is 5.78. The van der Waals surface area contributed by atoms with E-state index in [4.69, 9.17) is 0 Å². The SMILES string of the molecule is CC(C)(C)N(CCCCCc1nnc(Nc2ccccc2F)[se]1)C(=O)O. The van der Waals surface area contributed by atoms with Crippen LogP contribution >= 0.6 is 0 Å². The first-order valence-electron chi connectivity index (χ1n) is 8.62. The van der Waals surface area contributed by atoms with Gasteiger partial charge in [0.15, 0.2) is 0 Å². The number of unbranched alkanes of at least 4 members (excludes halogenated alkanes) is 2. The fraction of sp³-hybridized carbons (Fsp3) is 0.500. The Hall–Kier alpha value is -1.92. The van der Waals surface area contributed by atoms with Crippen molar-refractivity contribution in [1.82, 2.24) is 15.1 Å². The van der Waals surface area contributed by atoms with E-state index in [1.54, 1.807) is 18.2 Å². The number of aryl methyl sites for hydroxylation is 1. The molecule has 0 saturated heterocycles. The summed E-state index contributed by atoms with van der Waals surface area (Å²) in [7, 11) is 0. The maximum atomic E-state index is 13.6. The second-order valence-electron chi connectivity index (χ2n) is 7.02. The molecule has 8 heteroatoms. The molecular weight excluding hydrogens is 402 g/mol. The Labute approximate surface area is 159 Å². The predicted octanol–water partition coefficient (Wildman–Crippen LogP) is 3.91. The molecule has 0 saturated carbocycles. The van der Waals surface area contributed by atoms with Crippen molar-refractivity contribution in [3.8, 4) is 0 Å². The zero-order valence-electron chi connectivity index (χ0n) is 15.3. The molecule has 2 N–H and O–H groups in total. The first kappa shape index (κ1) is 20.4. The van der Waals surface area contributed by atoms with Crippen LogP contribution < -0.4 is 5.32 Å². The van der Waals surface area contributed by atoms with Gasteiger partial charge < -0.3 is 0 Å². The van der Waals surface area contributed by atoms with Gasteiger partial charge in [-0.05, 0) is 0 Å². The molecule has 0 spiro atoms. The van der Waals surface area contributed by atoms with Gasteiger partial charge in [0.1, 0.15) is 0 Å². The minimum absolute atomic E-state index is 0.0131. The van der Waals surface area contributed by atoms with E-state index in [-0.39, 0.29) is 25.9 Å². The monoisotopic (exact) mass is 428 g/mol. The summed E-state index contributed by atoms with van der Waals surface area (Å²) < 4.78 is 15.4. The molecule has 0 atom stereocenters. The first-order chi connectivity index (χ1) is 12.3. The zero-order valence-corrected chi connectivity index (χ0v) is 17.0. The molecule has 0 aliphatic heterocycles. The molecule has 6 nitrogen and oxygen atoms in total.